The Balaban J connectivity index is 1.72. The van der Waals surface area contributed by atoms with Gasteiger partial charge in [-0.05, 0) is 59.3 Å². The number of rotatable bonds is 8. The van der Waals surface area contributed by atoms with Crippen LogP contribution in [0.4, 0.5) is 10.1 Å². The molecule has 0 aliphatic carbocycles. The molecule has 0 aliphatic heterocycles. The normalized spacial score (nSPS) is 10.8. The van der Waals surface area contributed by atoms with E-state index in [1.165, 1.54) is 42.1 Å². The molecule has 0 saturated heterocycles. The van der Waals surface area contributed by atoms with E-state index in [1.807, 2.05) is 0 Å². The number of aryl methyl sites for hydroxylation is 1. The van der Waals surface area contributed by atoms with Crippen molar-refractivity contribution in [3.63, 3.8) is 0 Å². The van der Waals surface area contributed by atoms with Crippen LogP contribution in [0.3, 0.4) is 0 Å². The second-order valence-electron chi connectivity index (χ2n) is 6.29. The van der Waals surface area contributed by atoms with E-state index >= 15 is 0 Å². The Kier molecular flexibility index (Phi) is 6.55. The molecule has 0 unspecified atom stereocenters. The highest BCUT2D eigenvalue weighted by atomic mass is 19.1. The van der Waals surface area contributed by atoms with Crippen LogP contribution >= 0.6 is 0 Å². The van der Waals surface area contributed by atoms with E-state index in [0.29, 0.717) is 28.6 Å². The maximum atomic E-state index is 14.1. The zero-order valence-corrected chi connectivity index (χ0v) is 16.7. The molecule has 1 heterocycles. The van der Waals surface area contributed by atoms with Gasteiger partial charge in [-0.25, -0.2) is 4.39 Å². The van der Waals surface area contributed by atoms with Crippen LogP contribution in [0.15, 0.2) is 42.5 Å². The molecule has 0 atom stereocenters. The first-order valence-electron chi connectivity index (χ1n) is 9.00. The van der Waals surface area contributed by atoms with Crippen molar-refractivity contribution in [3.8, 4) is 17.2 Å². The third-order valence-corrected chi connectivity index (χ3v) is 4.06. The molecule has 0 fully saturated rings. The lowest BCUT2D eigenvalue weighted by Crippen LogP contribution is -2.20. The van der Waals surface area contributed by atoms with Gasteiger partial charge in [0.2, 0.25) is 5.91 Å². The molecule has 11 heteroatoms. The van der Waals surface area contributed by atoms with Crippen molar-refractivity contribution in [2.75, 3.05) is 19.0 Å². The van der Waals surface area contributed by atoms with Gasteiger partial charge in [0.1, 0.15) is 5.82 Å². The number of anilines is 1. The molecule has 0 bridgehead atoms. The second-order valence-corrected chi connectivity index (χ2v) is 6.29. The number of methoxy groups -OCH3 is 1. The van der Waals surface area contributed by atoms with E-state index in [2.05, 4.69) is 20.8 Å². The minimum absolute atomic E-state index is 0.0187. The first-order chi connectivity index (χ1) is 14.9. The van der Waals surface area contributed by atoms with Gasteiger partial charge in [-0.2, -0.15) is 4.68 Å². The summed E-state index contributed by atoms with van der Waals surface area (Å²) in [6.07, 6.45) is 2.76. The number of halogens is 1. The number of hydrogen-bond donors (Lipinski definition) is 2. The lowest BCUT2D eigenvalue weighted by Gasteiger charge is -2.10. The monoisotopic (exact) mass is 426 g/mol. The number of hydrogen-bond acceptors (Lipinski definition) is 7. The third-order valence-electron chi connectivity index (χ3n) is 4.06. The highest BCUT2D eigenvalue weighted by molar-refractivity contribution is 6.02. The number of nitrogens with two attached hydrogens (primary N) is 1. The summed E-state index contributed by atoms with van der Waals surface area (Å²) in [4.78, 5) is 23.1. The number of benzene rings is 2. The largest absolute Gasteiger partial charge is 0.493 e. The van der Waals surface area contributed by atoms with E-state index in [-0.39, 0.29) is 12.3 Å². The molecule has 160 valence electrons. The highest BCUT2D eigenvalue weighted by Gasteiger charge is 2.10. The molecule has 2 amide bonds. The zero-order chi connectivity index (χ0) is 22.4. The van der Waals surface area contributed by atoms with Gasteiger partial charge in [0.25, 0.3) is 5.91 Å². The number of carbonyl (C=O) groups is 2. The summed E-state index contributed by atoms with van der Waals surface area (Å²) in [5, 5.41) is 13.6. The summed E-state index contributed by atoms with van der Waals surface area (Å²) in [6, 6.07) is 8.99. The number of aromatic nitrogens is 4. The van der Waals surface area contributed by atoms with Gasteiger partial charge < -0.3 is 20.5 Å². The summed E-state index contributed by atoms with van der Waals surface area (Å²) in [5.41, 5.74) is 6.17. The van der Waals surface area contributed by atoms with E-state index in [1.54, 1.807) is 25.1 Å². The summed E-state index contributed by atoms with van der Waals surface area (Å²) >= 11 is 0. The zero-order valence-electron chi connectivity index (χ0n) is 16.7. The number of nitrogens with one attached hydrogen (secondary N) is 1. The average molecular weight is 426 g/mol. The lowest BCUT2D eigenvalue weighted by molar-refractivity contribution is -0.120. The fourth-order valence-electron chi connectivity index (χ4n) is 2.61. The quantitative estimate of drug-likeness (QED) is 0.523. The average Bonchev–Trinajstić information content (AvgIpc) is 3.18. The molecule has 3 aromatic rings. The molecule has 3 rings (SSSR count). The first-order valence-corrected chi connectivity index (χ1v) is 9.00. The van der Waals surface area contributed by atoms with Crippen LogP contribution in [0.25, 0.3) is 11.8 Å². The Hall–Kier alpha value is -4.28. The predicted octanol–water partition coefficient (Wildman–Crippen LogP) is 1.63. The van der Waals surface area contributed by atoms with Gasteiger partial charge in [-0.15, -0.1) is 5.10 Å². The fraction of sp³-hybridized carbons (Fsp3) is 0.150. The molecule has 0 spiro atoms. The van der Waals surface area contributed by atoms with Gasteiger partial charge in [-0.1, -0.05) is 6.07 Å². The fourth-order valence-corrected chi connectivity index (χ4v) is 2.61. The minimum atomic E-state index is -0.616. The Labute approximate surface area is 176 Å². The molecular weight excluding hydrogens is 407 g/mol. The number of amides is 2. The van der Waals surface area contributed by atoms with Crippen LogP contribution in [0.5, 0.6) is 11.5 Å². The molecule has 3 N–H and O–H groups in total. The standard InChI is InChI=1S/C20H19FN6O4/c1-12-24-25-26-27(12)14-5-6-15(21)16(10-14)23-20(29)8-4-13-3-7-17(18(9-13)30-2)31-11-19(22)28/h3-10H,11H2,1-2H3,(H2,22,28)(H,23,29)/b8-4+. The first kappa shape index (κ1) is 21.4. The molecule has 31 heavy (non-hydrogen) atoms. The predicted molar refractivity (Wildman–Crippen MR) is 109 cm³/mol. The van der Waals surface area contributed by atoms with Crippen molar-refractivity contribution in [2.45, 2.75) is 6.92 Å². The molecular formula is C20H19FN6O4. The summed E-state index contributed by atoms with van der Waals surface area (Å²) < 4.78 is 26.0. The van der Waals surface area contributed by atoms with Crippen LogP contribution in [0.1, 0.15) is 11.4 Å². The minimum Gasteiger partial charge on any atom is -0.493 e. The van der Waals surface area contributed by atoms with Gasteiger partial charge in [0, 0.05) is 6.08 Å². The van der Waals surface area contributed by atoms with Crippen molar-refractivity contribution < 1.29 is 23.5 Å². The highest BCUT2D eigenvalue weighted by Crippen LogP contribution is 2.28. The molecule has 0 aliphatic rings. The number of ether oxygens (including phenoxy) is 2. The maximum absolute atomic E-state index is 14.1. The second kappa shape index (κ2) is 9.48. The smallest absolute Gasteiger partial charge is 0.255 e. The molecule has 0 saturated carbocycles. The van der Waals surface area contributed by atoms with Crippen molar-refractivity contribution in [1.29, 1.82) is 0 Å². The van der Waals surface area contributed by atoms with E-state index < -0.39 is 17.6 Å². The third kappa shape index (κ3) is 5.41. The van der Waals surface area contributed by atoms with E-state index in [4.69, 9.17) is 15.2 Å². The van der Waals surface area contributed by atoms with Crippen LogP contribution < -0.4 is 20.5 Å². The summed E-state index contributed by atoms with van der Waals surface area (Å²) in [5.74, 6) is -0.555. The number of carbonyl (C=O) groups excluding carboxylic acids is 2. The van der Waals surface area contributed by atoms with Gasteiger partial charge in [0.05, 0.1) is 18.5 Å². The van der Waals surface area contributed by atoms with Crippen LogP contribution in [-0.4, -0.2) is 45.7 Å². The van der Waals surface area contributed by atoms with Crippen molar-refractivity contribution >= 4 is 23.6 Å². The van der Waals surface area contributed by atoms with Crippen molar-refractivity contribution in [3.05, 3.63) is 59.7 Å². The van der Waals surface area contributed by atoms with Gasteiger partial charge in [0.15, 0.2) is 23.9 Å². The van der Waals surface area contributed by atoms with Crippen LogP contribution in [0.2, 0.25) is 0 Å². The van der Waals surface area contributed by atoms with E-state index in [9.17, 15) is 14.0 Å². The Bertz CT molecular complexity index is 1140. The molecule has 0 radical (unpaired) electrons. The van der Waals surface area contributed by atoms with Crippen molar-refractivity contribution in [1.82, 2.24) is 20.2 Å². The summed E-state index contributed by atoms with van der Waals surface area (Å²) in [6.45, 7) is 1.41. The number of nitrogens with zero attached hydrogens (tertiary/aromatic N) is 4. The van der Waals surface area contributed by atoms with Crippen molar-refractivity contribution in [2.24, 2.45) is 5.73 Å². The van der Waals surface area contributed by atoms with Gasteiger partial charge in [-0.3, -0.25) is 9.59 Å². The van der Waals surface area contributed by atoms with E-state index in [0.717, 1.165) is 0 Å². The van der Waals surface area contributed by atoms with Crippen LogP contribution in [0, 0.1) is 12.7 Å². The molecule has 10 nitrogen and oxygen atoms in total. The van der Waals surface area contributed by atoms with Gasteiger partial charge >= 0.3 is 0 Å². The molecule has 1 aromatic heterocycles. The SMILES string of the molecule is COc1cc(/C=C/C(=O)Nc2cc(-n3nnnc3C)ccc2F)ccc1OCC(N)=O. The Morgan fingerprint density at radius 1 is 1.23 bits per heavy atom. The topological polar surface area (TPSA) is 134 Å². The number of primary amides is 1. The van der Waals surface area contributed by atoms with Crippen LogP contribution in [-0.2, 0) is 9.59 Å². The summed E-state index contributed by atoms with van der Waals surface area (Å²) in [7, 11) is 1.44. The Morgan fingerprint density at radius 3 is 2.71 bits per heavy atom. The molecule has 2 aromatic carbocycles. The lowest BCUT2D eigenvalue weighted by atomic mass is 10.2. The number of tetrazole rings is 1. The Morgan fingerprint density at radius 2 is 2.03 bits per heavy atom. The maximum Gasteiger partial charge on any atom is 0.255 e.